The van der Waals surface area contributed by atoms with E-state index >= 15 is 0 Å². The smallest absolute Gasteiger partial charge is 0.294 e. The first kappa shape index (κ1) is 9.75. The van der Waals surface area contributed by atoms with E-state index in [0.29, 0.717) is 9.26 Å². The number of anilines is 1. The van der Waals surface area contributed by atoms with E-state index in [1.165, 1.54) is 18.2 Å². The second kappa shape index (κ2) is 3.19. The van der Waals surface area contributed by atoms with Gasteiger partial charge in [-0.25, -0.2) is 0 Å². The first-order chi connectivity index (χ1) is 5.41. The average Bonchev–Trinajstić information content (AvgIpc) is 1.92. The maximum atomic E-state index is 10.6. The Morgan fingerprint density at radius 2 is 2.00 bits per heavy atom. The van der Waals surface area contributed by atoms with Gasteiger partial charge in [0.15, 0.2) is 0 Å². The molecule has 0 heterocycles. The summed E-state index contributed by atoms with van der Waals surface area (Å²) in [6, 6.07) is 4.00. The van der Waals surface area contributed by atoms with Crippen LogP contribution in [0.5, 0.6) is 0 Å². The SMILES string of the molecule is Nc1ccc(S(=O)(=O)O)cc1I. The van der Waals surface area contributed by atoms with Crippen LogP contribution >= 0.6 is 22.6 Å². The molecule has 0 saturated carbocycles. The molecule has 1 aromatic carbocycles. The quantitative estimate of drug-likeness (QED) is 0.462. The summed E-state index contributed by atoms with van der Waals surface area (Å²) < 4.78 is 30.4. The van der Waals surface area contributed by atoms with E-state index in [-0.39, 0.29) is 4.90 Å². The molecule has 0 aliphatic heterocycles. The van der Waals surface area contributed by atoms with Gasteiger partial charge in [0.2, 0.25) is 0 Å². The van der Waals surface area contributed by atoms with Crippen LogP contribution < -0.4 is 5.73 Å². The predicted octanol–water partition coefficient (Wildman–Crippen LogP) is 1.12. The molecule has 0 amide bonds. The summed E-state index contributed by atoms with van der Waals surface area (Å²) in [7, 11) is -4.10. The molecule has 6 heteroatoms. The fourth-order valence-electron chi connectivity index (χ4n) is 0.668. The number of hydrogen-bond donors (Lipinski definition) is 2. The molecule has 0 unspecified atom stereocenters. The van der Waals surface area contributed by atoms with Gasteiger partial charge in [-0.15, -0.1) is 0 Å². The third-order valence-electron chi connectivity index (χ3n) is 1.27. The second-order valence-corrected chi connectivity index (χ2v) is 4.74. The van der Waals surface area contributed by atoms with Crippen LogP contribution in [-0.4, -0.2) is 13.0 Å². The maximum Gasteiger partial charge on any atom is 0.294 e. The lowest BCUT2D eigenvalue weighted by molar-refractivity contribution is 0.483. The lowest BCUT2D eigenvalue weighted by Crippen LogP contribution is -1.99. The van der Waals surface area contributed by atoms with Crippen molar-refractivity contribution in [2.24, 2.45) is 0 Å². The maximum absolute atomic E-state index is 10.6. The number of rotatable bonds is 1. The molecular weight excluding hydrogens is 293 g/mol. The highest BCUT2D eigenvalue weighted by Crippen LogP contribution is 2.18. The number of halogens is 1. The van der Waals surface area contributed by atoms with Crippen molar-refractivity contribution >= 4 is 38.4 Å². The van der Waals surface area contributed by atoms with Gasteiger partial charge >= 0.3 is 0 Å². The molecule has 12 heavy (non-hydrogen) atoms. The number of benzene rings is 1. The molecule has 0 spiro atoms. The molecule has 0 atom stereocenters. The molecule has 0 aliphatic carbocycles. The largest absolute Gasteiger partial charge is 0.398 e. The molecule has 0 bridgehead atoms. The number of nitrogen functional groups attached to an aromatic ring is 1. The van der Waals surface area contributed by atoms with E-state index < -0.39 is 10.1 Å². The number of hydrogen-bond acceptors (Lipinski definition) is 3. The van der Waals surface area contributed by atoms with Crippen LogP contribution in [-0.2, 0) is 10.1 Å². The molecule has 1 rings (SSSR count). The Morgan fingerprint density at radius 1 is 1.42 bits per heavy atom. The van der Waals surface area contributed by atoms with Crippen LogP contribution in [0.3, 0.4) is 0 Å². The van der Waals surface area contributed by atoms with Crippen molar-refractivity contribution in [2.45, 2.75) is 4.90 Å². The highest BCUT2D eigenvalue weighted by atomic mass is 127. The molecular formula is C6H6INO3S. The van der Waals surface area contributed by atoms with Gasteiger partial charge in [0.05, 0.1) is 4.90 Å². The van der Waals surface area contributed by atoms with Crippen LogP contribution in [0.2, 0.25) is 0 Å². The highest BCUT2D eigenvalue weighted by Gasteiger charge is 2.09. The summed E-state index contributed by atoms with van der Waals surface area (Å²) in [5, 5.41) is 0. The fraction of sp³-hybridized carbons (Fsp3) is 0. The van der Waals surface area contributed by atoms with E-state index in [4.69, 9.17) is 10.3 Å². The normalized spacial score (nSPS) is 11.5. The molecule has 0 saturated heterocycles. The van der Waals surface area contributed by atoms with Crippen molar-refractivity contribution in [1.82, 2.24) is 0 Å². The van der Waals surface area contributed by atoms with E-state index in [2.05, 4.69) is 0 Å². The van der Waals surface area contributed by atoms with Gasteiger partial charge in [0.25, 0.3) is 10.1 Å². The lowest BCUT2D eigenvalue weighted by atomic mass is 10.3. The van der Waals surface area contributed by atoms with Gasteiger partial charge in [-0.2, -0.15) is 8.42 Å². The highest BCUT2D eigenvalue weighted by molar-refractivity contribution is 14.1. The Balaban J connectivity index is 3.33. The summed E-state index contributed by atoms with van der Waals surface area (Å²) in [5.74, 6) is 0. The van der Waals surface area contributed by atoms with E-state index in [1.807, 2.05) is 22.6 Å². The van der Waals surface area contributed by atoms with Crippen LogP contribution in [0.4, 0.5) is 5.69 Å². The average molecular weight is 299 g/mol. The van der Waals surface area contributed by atoms with Crippen LogP contribution in [0.25, 0.3) is 0 Å². The van der Waals surface area contributed by atoms with E-state index in [1.54, 1.807) is 0 Å². The van der Waals surface area contributed by atoms with Crippen molar-refractivity contribution in [1.29, 1.82) is 0 Å². The van der Waals surface area contributed by atoms with E-state index in [9.17, 15) is 8.42 Å². The second-order valence-electron chi connectivity index (χ2n) is 2.16. The zero-order valence-electron chi connectivity index (χ0n) is 5.86. The van der Waals surface area contributed by atoms with Crippen molar-refractivity contribution in [3.05, 3.63) is 21.8 Å². The summed E-state index contributed by atoms with van der Waals surface area (Å²) in [5.41, 5.74) is 5.94. The molecule has 0 radical (unpaired) electrons. The summed E-state index contributed by atoms with van der Waals surface area (Å²) in [6.45, 7) is 0. The first-order valence-electron chi connectivity index (χ1n) is 2.94. The molecule has 0 aliphatic rings. The minimum Gasteiger partial charge on any atom is -0.398 e. The summed E-state index contributed by atoms with van der Waals surface area (Å²) in [4.78, 5) is -0.138. The molecule has 66 valence electrons. The first-order valence-corrected chi connectivity index (χ1v) is 5.45. The fourth-order valence-corrected chi connectivity index (χ4v) is 1.90. The number of nitrogens with two attached hydrogens (primary N) is 1. The van der Waals surface area contributed by atoms with E-state index in [0.717, 1.165) is 0 Å². The van der Waals surface area contributed by atoms with Crippen LogP contribution in [0.1, 0.15) is 0 Å². The zero-order valence-corrected chi connectivity index (χ0v) is 8.83. The van der Waals surface area contributed by atoms with Crippen molar-refractivity contribution < 1.29 is 13.0 Å². The predicted molar refractivity (Wildman–Crippen MR) is 53.4 cm³/mol. The van der Waals surface area contributed by atoms with Crippen molar-refractivity contribution in [2.75, 3.05) is 5.73 Å². The Morgan fingerprint density at radius 3 is 2.42 bits per heavy atom. The third-order valence-corrected chi connectivity index (χ3v) is 3.05. The lowest BCUT2D eigenvalue weighted by Gasteiger charge is -1.99. The van der Waals surface area contributed by atoms with Gasteiger partial charge in [-0.05, 0) is 40.8 Å². The molecule has 3 N–H and O–H groups in total. The van der Waals surface area contributed by atoms with Crippen LogP contribution in [0, 0.1) is 3.57 Å². The minimum atomic E-state index is -4.10. The summed E-state index contributed by atoms with van der Waals surface area (Å²) >= 11 is 1.89. The van der Waals surface area contributed by atoms with Gasteiger partial charge in [0.1, 0.15) is 0 Å². The minimum absolute atomic E-state index is 0.138. The molecule has 0 fully saturated rings. The standard InChI is InChI=1S/C6H6INO3S/c7-5-3-4(12(9,10)11)1-2-6(5)8/h1-3H,8H2,(H,9,10,11). The van der Waals surface area contributed by atoms with Gasteiger partial charge in [-0.3, -0.25) is 4.55 Å². The molecule has 1 aromatic rings. The Kier molecular flexibility index (Phi) is 2.59. The molecule has 4 nitrogen and oxygen atoms in total. The van der Waals surface area contributed by atoms with Crippen molar-refractivity contribution in [3.8, 4) is 0 Å². The molecule has 0 aromatic heterocycles. The van der Waals surface area contributed by atoms with Crippen LogP contribution in [0.15, 0.2) is 23.1 Å². The topological polar surface area (TPSA) is 80.4 Å². The monoisotopic (exact) mass is 299 g/mol. The van der Waals surface area contributed by atoms with Gasteiger partial charge < -0.3 is 5.73 Å². The Labute approximate surface area is 83.7 Å². The summed E-state index contributed by atoms with van der Waals surface area (Å²) in [6.07, 6.45) is 0. The third kappa shape index (κ3) is 2.08. The van der Waals surface area contributed by atoms with Gasteiger partial charge in [-0.1, -0.05) is 0 Å². The van der Waals surface area contributed by atoms with Gasteiger partial charge in [0, 0.05) is 9.26 Å². The zero-order chi connectivity index (χ0) is 9.35. The Hall–Kier alpha value is -0.340. The van der Waals surface area contributed by atoms with Crippen molar-refractivity contribution in [3.63, 3.8) is 0 Å². The Bertz CT molecular complexity index is 401.